The summed E-state index contributed by atoms with van der Waals surface area (Å²) in [5, 5.41) is 0. The Morgan fingerprint density at radius 1 is 1.33 bits per heavy atom. The summed E-state index contributed by atoms with van der Waals surface area (Å²) in [5.41, 5.74) is 7.08. The molecule has 0 unspecified atom stereocenters. The Morgan fingerprint density at radius 2 is 2.00 bits per heavy atom. The Balaban J connectivity index is 2.23. The lowest BCUT2D eigenvalue weighted by Gasteiger charge is -2.20. The molecule has 1 aliphatic carbocycles. The molecule has 0 aliphatic heterocycles. The molecule has 0 bridgehead atoms. The molecule has 1 aromatic carbocycles. The van der Waals surface area contributed by atoms with Crippen molar-refractivity contribution in [1.82, 2.24) is 0 Å². The molecule has 0 radical (unpaired) electrons. The van der Waals surface area contributed by atoms with Crippen LogP contribution in [0, 0.1) is 11.7 Å². The number of hydrogen-bond donors (Lipinski definition) is 1. The molecule has 0 heterocycles. The van der Waals surface area contributed by atoms with E-state index in [0.717, 1.165) is 10.0 Å². The lowest BCUT2D eigenvalue weighted by Crippen LogP contribution is -2.19. The molecule has 82 valence electrons. The maximum absolute atomic E-state index is 13.1. The first kappa shape index (κ1) is 11.1. The van der Waals surface area contributed by atoms with Crippen LogP contribution >= 0.6 is 15.9 Å². The van der Waals surface area contributed by atoms with Crippen LogP contribution in [0.2, 0.25) is 0 Å². The van der Waals surface area contributed by atoms with Crippen LogP contribution in [-0.2, 0) is 0 Å². The van der Waals surface area contributed by atoms with Crippen LogP contribution in [-0.4, -0.2) is 0 Å². The SMILES string of the molecule is N[C@H](c1cc(F)ccc1Br)C1CCCC1. The summed E-state index contributed by atoms with van der Waals surface area (Å²) in [6.45, 7) is 0. The predicted octanol–water partition coefficient (Wildman–Crippen LogP) is 3.78. The van der Waals surface area contributed by atoms with E-state index in [-0.39, 0.29) is 11.9 Å². The summed E-state index contributed by atoms with van der Waals surface area (Å²) in [7, 11) is 0. The zero-order valence-electron chi connectivity index (χ0n) is 8.55. The Bertz CT molecular complexity index is 347. The van der Waals surface area contributed by atoms with Gasteiger partial charge in [-0.15, -0.1) is 0 Å². The summed E-state index contributed by atoms with van der Waals surface area (Å²) < 4.78 is 14.0. The maximum Gasteiger partial charge on any atom is 0.123 e. The fourth-order valence-corrected chi connectivity index (χ4v) is 2.85. The minimum atomic E-state index is -0.207. The van der Waals surface area contributed by atoms with E-state index in [0.29, 0.717) is 5.92 Å². The van der Waals surface area contributed by atoms with Gasteiger partial charge in [0, 0.05) is 10.5 Å². The molecule has 1 aromatic rings. The molecule has 1 saturated carbocycles. The Kier molecular flexibility index (Phi) is 3.42. The average molecular weight is 272 g/mol. The van der Waals surface area contributed by atoms with Crippen molar-refractivity contribution in [1.29, 1.82) is 0 Å². The van der Waals surface area contributed by atoms with Crippen LogP contribution in [0.15, 0.2) is 22.7 Å². The molecule has 0 saturated heterocycles. The summed E-state index contributed by atoms with van der Waals surface area (Å²) >= 11 is 3.43. The predicted molar refractivity (Wildman–Crippen MR) is 63.0 cm³/mol. The van der Waals surface area contributed by atoms with Gasteiger partial charge in [-0.2, -0.15) is 0 Å². The molecule has 0 aromatic heterocycles. The largest absolute Gasteiger partial charge is 0.324 e. The highest BCUT2D eigenvalue weighted by Gasteiger charge is 2.24. The normalized spacial score (nSPS) is 19.4. The van der Waals surface area contributed by atoms with Crippen molar-refractivity contribution in [3.05, 3.63) is 34.1 Å². The molecule has 3 heteroatoms. The molecule has 15 heavy (non-hydrogen) atoms. The quantitative estimate of drug-likeness (QED) is 0.871. The van der Waals surface area contributed by atoms with Gasteiger partial charge in [0.25, 0.3) is 0 Å². The Labute approximate surface area is 98.0 Å². The third-order valence-electron chi connectivity index (χ3n) is 3.22. The van der Waals surface area contributed by atoms with Gasteiger partial charge < -0.3 is 5.73 Å². The highest BCUT2D eigenvalue weighted by molar-refractivity contribution is 9.10. The van der Waals surface area contributed by atoms with Gasteiger partial charge in [-0.3, -0.25) is 0 Å². The Morgan fingerprint density at radius 3 is 2.67 bits per heavy atom. The van der Waals surface area contributed by atoms with E-state index in [1.54, 1.807) is 12.1 Å². The van der Waals surface area contributed by atoms with Crippen LogP contribution in [0.1, 0.15) is 37.3 Å². The van der Waals surface area contributed by atoms with Gasteiger partial charge in [0.1, 0.15) is 5.82 Å². The van der Waals surface area contributed by atoms with E-state index in [4.69, 9.17) is 5.73 Å². The molecule has 1 fully saturated rings. The number of rotatable bonds is 2. The van der Waals surface area contributed by atoms with Crippen LogP contribution < -0.4 is 5.73 Å². The van der Waals surface area contributed by atoms with Crippen LogP contribution in [0.5, 0.6) is 0 Å². The van der Waals surface area contributed by atoms with E-state index in [1.165, 1.54) is 31.7 Å². The standard InChI is InChI=1S/C12H15BrFN/c13-11-6-5-9(14)7-10(11)12(15)8-3-1-2-4-8/h5-8,12H,1-4,15H2/t12-/m0/s1. The number of hydrogen-bond acceptors (Lipinski definition) is 1. The first-order valence-corrected chi connectivity index (χ1v) is 6.18. The average Bonchev–Trinajstić information content (AvgIpc) is 2.74. The van der Waals surface area contributed by atoms with E-state index < -0.39 is 0 Å². The van der Waals surface area contributed by atoms with Gasteiger partial charge >= 0.3 is 0 Å². The van der Waals surface area contributed by atoms with Crippen molar-refractivity contribution in [3.8, 4) is 0 Å². The topological polar surface area (TPSA) is 26.0 Å². The molecule has 2 rings (SSSR count). The van der Waals surface area contributed by atoms with Crippen LogP contribution in [0.25, 0.3) is 0 Å². The monoisotopic (exact) mass is 271 g/mol. The molecule has 2 N–H and O–H groups in total. The molecule has 1 nitrogen and oxygen atoms in total. The summed E-state index contributed by atoms with van der Waals surface area (Å²) in [6.07, 6.45) is 4.85. The van der Waals surface area contributed by atoms with E-state index in [1.807, 2.05) is 0 Å². The van der Waals surface area contributed by atoms with Crippen LogP contribution in [0.4, 0.5) is 4.39 Å². The van der Waals surface area contributed by atoms with Crippen molar-refractivity contribution < 1.29 is 4.39 Å². The second-order valence-corrected chi connectivity index (χ2v) is 5.09. The third kappa shape index (κ3) is 2.40. The number of halogens is 2. The van der Waals surface area contributed by atoms with Crippen molar-refractivity contribution >= 4 is 15.9 Å². The summed E-state index contributed by atoms with van der Waals surface area (Å²) in [6, 6.07) is 4.71. The van der Waals surface area contributed by atoms with Crippen molar-refractivity contribution in [2.45, 2.75) is 31.7 Å². The third-order valence-corrected chi connectivity index (χ3v) is 3.95. The molecule has 1 atom stereocenters. The van der Waals surface area contributed by atoms with Crippen molar-refractivity contribution in [2.24, 2.45) is 11.7 Å². The fraction of sp³-hybridized carbons (Fsp3) is 0.500. The van der Waals surface area contributed by atoms with Gasteiger partial charge in [-0.05, 0) is 42.5 Å². The second-order valence-electron chi connectivity index (χ2n) is 4.24. The van der Waals surface area contributed by atoms with Gasteiger partial charge in [-0.1, -0.05) is 28.8 Å². The second kappa shape index (κ2) is 4.62. The number of nitrogens with two attached hydrogens (primary N) is 1. The smallest absolute Gasteiger partial charge is 0.123 e. The zero-order valence-corrected chi connectivity index (χ0v) is 10.1. The molecule has 0 amide bonds. The fourth-order valence-electron chi connectivity index (χ4n) is 2.34. The van der Waals surface area contributed by atoms with E-state index in [2.05, 4.69) is 15.9 Å². The van der Waals surface area contributed by atoms with Gasteiger partial charge in [0.15, 0.2) is 0 Å². The van der Waals surface area contributed by atoms with Crippen LogP contribution in [0.3, 0.4) is 0 Å². The summed E-state index contributed by atoms with van der Waals surface area (Å²) in [4.78, 5) is 0. The highest BCUT2D eigenvalue weighted by Crippen LogP contribution is 2.36. The van der Waals surface area contributed by atoms with Crippen molar-refractivity contribution in [2.75, 3.05) is 0 Å². The zero-order chi connectivity index (χ0) is 10.8. The number of benzene rings is 1. The lowest BCUT2D eigenvalue weighted by molar-refractivity contribution is 0.442. The molecule has 1 aliphatic rings. The van der Waals surface area contributed by atoms with Gasteiger partial charge in [-0.25, -0.2) is 4.39 Å². The highest BCUT2D eigenvalue weighted by atomic mass is 79.9. The van der Waals surface area contributed by atoms with Gasteiger partial charge in [0.2, 0.25) is 0 Å². The van der Waals surface area contributed by atoms with Gasteiger partial charge in [0.05, 0.1) is 0 Å². The maximum atomic E-state index is 13.1. The first-order valence-electron chi connectivity index (χ1n) is 5.39. The molecule has 0 spiro atoms. The van der Waals surface area contributed by atoms with E-state index in [9.17, 15) is 4.39 Å². The summed E-state index contributed by atoms with van der Waals surface area (Å²) in [5.74, 6) is 0.310. The molecular formula is C12H15BrFN. The molecular weight excluding hydrogens is 257 g/mol. The van der Waals surface area contributed by atoms with E-state index >= 15 is 0 Å². The minimum absolute atomic E-state index is 0.0300. The lowest BCUT2D eigenvalue weighted by atomic mass is 9.92. The Hall–Kier alpha value is -0.410. The minimum Gasteiger partial charge on any atom is -0.324 e. The van der Waals surface area contributed by atoms with Crippen molar-refractivity contribution in [3.63, 3.8) is 0 Å². The first-order chi connectivity index (χ1) is 7.18.